The van der Waals surface area contributed by atoms with E-state index in [-0.39, 0.29) is 10.6 Å². The lowest BCUT2D eigenvalue weighted by atomic mass is 10.1. The molecule has 1 saturated heterocycles. The molecule has 0 aliphatic carbocycles. The normalized spacial score (nSPS) is 15.1. The number of benzene rings is 1. The highest BCUT2D eigenvalue weighted by Crippen LogP contribution is 2.33. The zero-order valence-electron chi connectivity index (χ0n) is 12.2. The fourth-order valence-corrected chi connectivity index (χ4v) is 3.83. The summed E-state index contributed by atoms with van der Waals surface area (Å²) in [5.74, 6) is 0. The number of hydrogen-bond acceptors (Lipinski definition) is 5. The Hall–Kier alpha value is -1.67. The Balaban J connectivity index is 2.47. The van der Waals surface area contributed by atoms with Gasteiger partial charge in [-0.25, -0.2) is 8.42 Å². The fraction of sp³-hybridized carbons (Fsp3) is 0.538. The van der Waals surface area contributed by atoms with Crippen LogP contribution in [0.5, 0.6) is 0 Å². The first kappa shape index (κ1) is 15.7. The smallest absolute Gasteiger partial charge is 0.293 e. The molecule has 7 nitrogen and oxygen atoms in total. The van der Waals surface area contributed by atoms with E-state index in [1.165, 1.54) is 22.5 Å². The van der Waals surface area contributed by atoms with E-state index in [0.29, 0.717) is 18.8 Å². The summed E-state index contributed by atoms with van der Waals surface area (Å²) in [6.45, 7) is 5.68. The van der Waals surface area contributed by atoms with Crippen LogP contribution in [0.2, 0.25) is 0 Å². The number of nitro benzene ring substituents is 1. The summed E-state index contributed by atoms with van der Waals surface area (Å²) in [4.78, 5) is 12.6. The van der Waals surface area contributed by atoms with Crippen molar-refractivity contribution in [3.63, 3.8) is 0 Å². The van der Waals surface area contributed by atoms with Crippen molar-refractivity contribution >= 4 is 21.4 Å². The third kappa shape index (κ3) is 2.86. The molecule has 1 aliphatic rings. The van der Waals surface area contributed by atoms with Gasteiger partial charge in [-0.3, -0.25) is 10.1 Å². The Morgan fingerprint density at radius 1 is 1.29 bits per heavy atom. The average Bonchev–Trinajstić information content (AvgIpc) is 2.37. The van der Waals surface area contributed by atoms with Crippen LogP contribution >= 0.6 is 0 Å². The summed E-state index contributed by atoms with van der Waals surface area (Å²) in [5.41, 5.74) is 0.340. The minimum atomic E-state index is -3.68. The van der Waals surface area contributed by atoms with Crippen LogP contribution in [0.4, 0.5) is 11.4 Å². The molecule has 0 amide bonds. The summed E-state index contributed by atoms with van der Waals surface area (Å²) >= 11 is 0. The van der Waals surface area contributed by atoms with Crippen LogP contribution in [-0.2, 0) is 10.0 Å². The van der Waals surface area contributed by atoms with E-state index in [1.807, 2.05) is 4.90 Å². The van der Waals surface area contributed by atoms with Gasteiger partial charge >= 0.3 is 0 Å². The van der Waals surface area contributed by atoms with Crippen molar-refractivity contribution in [1.29, 1.82) is 0 Å². The van der Waals surface area contributed by atoms with Gasteiger partial charge in [0.15, 0.2) is 0 Å². The third-order valence-electron chi connectivity index (χ3n) is 3.68. The molecule has 1 heterocycles. The van der Waals surface area contributed by atoms with E-state index in [0.717, 1.165) is 19.5 Å². The van der Waals surface area contributed by atoms with Crippen molar-refractivity contribution in [1.82, 2.24) is 4.31 Å². The van der Waals surface area contributed by atoms with Gasteiger partial charge in [-0.2, -0.15) is 4.31 Å². The number of sulfonamides is 1. The summed E-state index contributed by atoms with van der Waals surface area (Å²) in [7, 11) is -3.68. The van der Waals surface area contributed by atoms with Crippen molar-refractivity contribution in [2.24, 2.45) is 0 Å². The van der Waals surface area contributed by atoms with Crippen molar-refractivity contribution in [2.45, 2.75) is 25.2 Å². The van der Waals surface area contributed by atoms with Crippen LogP contribution in [0, 0.1) is 10.1 Å². The topological polar surface area (TPSA) is 83.8 Å². The maximum Gasteiger partial charge on any atom is 0.293 e. The molecule has 1 aromatic rings. The molecule has 1 aromatic carbocycles. The van der Waals surface area contributed by atoms with Crippen molar-refractivity contribution in [3.05, 3.63) is 28.3 Å². The third-order valence-corrected chi connectivity index (χ3v) is 5.73. The second-order valence-electron chi connectivity index (χ2n) is 4.84. The van der Waals surface area contributed by atoms with Gasteiger partial charge in [-0.1, -0.05) is 13.8 Å². The summed E-state index contributed by atoms with van der Waals surface area (Å²) in [5, 5.41) is 11.2. The molecule has 21 heavy (non-hydrogen) atoms. The molecule has 0 unspecified atom stereocenters. The van der Waals surface area contributed by atoms with Crippen molar-refractivity contribution in [3.8, 4) is 0 Å². The largest absolute Gasteiger partial charge is 0.366 e. The lowest BCUT2D eigenvalue weighted by Gasteiger charge is -2.32. The number of anilines is 1. The lowest BCUT2D eigenvalue weighted by molar-refractivity contribution is -0.384. The highest BCUT2D eigenvalue weighted by molar-refractivity contribution is 7.89. The number of nitrogens with zero attached hydrogens (tertiary/aromatic N) is 3. The molecule has 0 saturated carbocycles. The fourth-order valence-electron chi connectivity index (χ4n) is 2.35. The monoisotopic (exact) mass is 313 g/mol. The average molecular weight is 313 g/mol. The highest BCUT2D eigenvalue weighted by Gasteiger charge is 2.28. The number of hydrogen-bond donors (Lipinski definition) is 0. The molecule has 116 valence electrons. The van der Waals surface area contributed by atoms with Crippen LogP contribution < -0.4 is 4.90 Å². The molecule has 8 heteroatoms. The van der Waals surface area contributed by atoms with Gasteiger partial charge < -0.3 is 4.90 Å². The van der Waals surface area contributed by atoms with Crippen LogP contribution in [-0.4, -0.2) is 43.8 Å². The first-order valence-corrected chi connectivity index (χ1v) is 8.39. The molecular formula is C13H19N3O4S. The Morgan fingerprint density at radius 2 is 1.90 bits per heavy atom. The van der Waals surface area contributed by atoms with Crippen LogP contribution in [0.25, 0.3) is 0 Å². The van der Waals surface area contributed by atoms with Gasteiger partial charge in [-0.05, 0) is 18.6 Å². The first-order valence-electron chi connectivity index (χ1n) is 6.95. The van der Waals surface area contributed by atoms with E-state index in [4.69, 9.17) is 0 Å². The van der Waals surface area contributed by atoms with E-state index in [2.05, 4.69) is 0 Å². The van der Waals surface area contributed by atoms with Crippen molar-refractivity contribution in [2.75, 3.05) is 31.1 Å². The van der Waals surface area contributed by atoms with Gasteiger partial charge in [0.05, 0.1) is 9.82 Å². The standard InChI is InChI=1S/C13H19N3O4S/c1-3-15(4-2)21(19,20)11-6-7-12(14-8-5-9-14)13(10-11)16(17)18/h6-7,10H,3-5,8-9H2,1-2H3. The molecule has 0 radical (unpaired) electrons. The van der Waals surface area contributed by atoms with Gasteiger partial charge in [0, 0.05) is 32.2 Å². The van der Waals surface area contributed by atoms with E-state index < -0.39 is 14.9 Å². The number of rotatable bonds is 6. The molecule has 0 atom stereocenters. The molecule has 2 rings (SSSR count). The van der Waals surface area contributed by atoms with E-state index in [1.54, 1.807) is 13.8 Å². The zero-order valence-corrected chi connectivity index (χ0v) is 13.0. The summed E-state index contributed by atoms with van der Waals surface area (Å²) in [6.07, 6.45) is 0.997. The summed E-state index contributed by atoms with van der Waals surface area (Å²) < 4.78 is 26.1. The Morgan fingerprint density at radius 3 is 2.33 bits per heavy atom. The summed E-state index contributed by atoms with van der Waals surface area (Å²) in [6, 6.07) is 4.16. The second-order valence-corrected chi connectivity index (χ2v) is 6.78. The van der Waals surface area contributed by atoms with Crippen molar-refractivity contribution < 1.29 is 13.3 Å². The van der Waals surface area contributed by atoms with Crippen LogP contribution in [0.1, 0.15) is 20.3 Å². The lowest BCUT2D eigenvalue weighted by Crippen LogP contribution is -2.37. The Kier molecular flexibility index (Phi) is 4.48. The molecule has 0 aromatic heterocycles. The zero-order chi connectivity index (χ0) is 15.6. The van der Waals surface area contributed by atoms with Gasteiger partial charge in [0.1, 0.15) is 5.69 Å². The molecular weight excluding hydrogens is 294 g/mol. The maximum absolute atomic E-state index is 12.4. The Labute approximate surface area is 124 Å². The first-order chi connectivity index (χ1) is 9.91. The highest BCUT2D eigenvalue weighted by atomic mass is 32.2. The molecule has 1 fully saturated rings. The van der Waals surface area contributed by atoms with E-state index >= 15 is 0 Å². The maximum atomic E-state index is 12.4. The number of nitro groups is 1. The van der Waals surface area contributed by atoms with E-state index in [9.17, 15) is 18.5 Å². The SMILES string of the molecule is CCN(CC)S(=O)(=O)c1ccc(N2CCC2)c([N+](=O)[O-])c1. The van der Waals surface area contributed by atoms with Crippen LogP contribution in [0.15, 0.2) is 23.1 Å². The molecule has 0 bridgehead atoms. The predicted molar refractivity (Wildman–Crippen MR) is 80.0 cm³/mol. The Bertz CT molecular complexity index is 637. The molecule has 0 spiro atoms. The second kappa shape index (κ2) is 5.98. The van der Waals surface area contributed by atoms with Gasteiger partial charge in [0.25, 0.3) is 5.69 Å². The van der Waals surface area contributed by atoms with Crippen LogP contribution in [0.3, 0.4) is 0 Å². The predicted octanol–water partition coefficient (Wildman–Crippen LogP) is 1.84. The van der Waals surface area contributed by atoms with Gasteiger partial charge in [-0.15, -0.1) is 0 Å². The molecule has 1 aliphatic heterocycles. The minimum Gasteiger partial charge on any atom is -0.366 e. The quantitative estimate of drug-likeness (QED) is 0.591. The molecule has 0 N–H and O–H groups in total. The minimum absolute atomic E-state index is 0.0258. The van der Waals surface area contributed by atoms with Gasteiger partial charge in [0.2, 0.25) is 10.0 Å².